The molecule has 21 heavy (non-hydrogen) atoms. The van der Waals surface area contributed by atoms with Crippen molar-refractivity contribution in [1.82, 2.24) is 4.90 Å². The Hall–Kier alpha value is -1.55. The molecule has 0 spiro atoms. The fourth-order valence-corrected chi connectivity index (χ4v) is 3.55. The number of hydrogen-bond donors (Lipinski definition) is 2. The maximum Gasteiger partial charge on any atom is 0.254 e. The highest BCUT2D eigenvalue weighted by molar-refractivity contribution is 5.95. The lowest BCUT2D eigenvalue weighted by molar-refractivity contribution is 0.0638. The van der Waals surface area contributed by atoms with E-state index in [-0.39, 0.29) is 12.5 Å². The van der Waals surface area contributed by atoms with Crippen LogP contribution < -0.4 is 5.32 Å². The fraction of sp³-hybridized carbons (Fsp3) is 0.588. The molecule has 1 aliphatic heterocycles. The van der Waals surface area contributed by atoms with Crippen LogP contribution in [0.15, 0.2) is 18.2 Å². The van der Waals surface area contributed by atoms with E-state index in [4.69, 9.17) is 0 Å². The first-order chi connectivity index (χ1) is 10.3. The molecular weight excluding hydrogens is 264 g/mol. The Bertz CT molecular complexity index is 510. The van der Waals surface area contributed by atoms with E-state index in [1.807, 2.05) is 23.1 Å². The number of nitrogens with zero attached hydrogens (tertiary/aromatic N) is 1. The molecule has 1 aromatic rings. The molecule has 0 bridgehead atoms. The normalized spacial score (nSPS) is 18.1. The number of aryl methyl sites for hydroxylation is 1. The topological polar surface area (TPSA) is 52.6 Å². The first-order valence-electron chi connectivity index (χ1n) is 8.08. The predicted octanol–water partition coefficient (Wildman–Crippen LogP) is 2.42. The molecule has 0 atom stereocenters. The number of rotatable bonds is 4. The van der Waals surface area contributed by atoms with Gasteiger partial charge in [0.2, 0.25) is 0 Å². The molecule has 0 unspecified atom stereocenters. The Kier molecular flexibility index (Phi) is 4.44. The van der Waals surface area contributed by atoms with Gasteiger partial charge in [0.05, 0.1) is 6.61 Å². The molecule has 0 saturated heterocycles. The third kappa shape index (κ3) is 3.05. The Morgan fingerprint density at radius 2 is 2.10 bits per heavy atom. The second-order valence-electron chi connectivity index (χ2n) is 6.06. The van der Waals surface area contributed by atoms with Crippen LogP contribution in [-0.4, -0.2) is 41.7 Å². The van der Waals surface area contributed by atoms with Crippen LogP contribution in [0.5, 0.6) is 0 Å². The summed E-state index contributed by atoms with van der Waals surface area (Å²) >= 11 is 0. The summed E-state index contributed by atoms with van der Waals surface area (Å²) in [6.45, 7) is 1.49. The van der Waals surface area contributed by atoms with Gasteiger partial charge in [-0.3, -0.25) is 4.79 Å². The number of anilines is 1. The van der Waals surface area contributed by atoms with Crippen LogP contribution in [0.1, 0.15) is 48.0 Å². The lowest BCUT2D eigenvalue weighted by Gasteiger charge is -2.29. The molecule has 0 radical (unpaired) electrons. The third-order valence-corrected chi connectivity index (χ3v) is 4.66. The molecule has 4 nitrogen and oxygen atoms in total. The Labute approximate surface area is 126 Å². The largest absolute Gasteiger partial charge is 0.395 e. The number of aliphatic hydroxyl groups is 1. The summed E-state index contributed by atoms with van der Waals surface area (Å²) in [6.07, 6.45) is 6.67. The summed E-state index contributed by atoms with van der Waals surface area (Å²) in [4.78, 5) is 14.7. The first-order valence-corrected chi connectivity index (χ1v) is 8.08. The fourth-order valence-electron chi connectivity index (χ4n) is 3.55. The van der Waals surface area contributed by atoms with Gasteiger partial charge in [-0.15, -0.1) is 0 Å². The van der Waals surface area contributed by atoms with E-state index in [0.717, 1.165) is 43.5 Å². The zero-order valence-corrected chi connectivity index (χ0v) is 12.5. The lowest BCUT2D eigenvalue weighted by Crippen LogP contribution is -2.40. The van der Waals surface area contributed by atoms with Gasteiger partial charge in [-0.05, 0) is 49.4 Å². The van der Waals surface area contributed by atoms with Crippen LogP contribution in [0.4, 0.5) is 5.69 Å². The standard InChI is InChI=1S/C17H24N2O2/c20-11-10-19(15-5-1-2-6-15)17(21)14-7-8-16-13(12-14)4-3-9-18-16/h7-8,12,15,18,20H,1-6,9-11H2. The van der Waals surface area contributed by atoms with Crippen molar-refractivity contribution in [2.45, 2.75) is 44.6 Å². The summed E-state index contributed by atoms with van der Waals surface area (Å²) in [5.41, 5.74) is 3.16. The van der Waals surface area contributed by atoms with Gasteiger partial charge in [0.25, 0.3) is 5.91 Å². The van der Waals surface area contributed by atoms with Gasteiger partial charge in [-0.2, -0.15) is 0 Å². The second-order valence-corrected chi connectivity index (χ2v) is 6.06. The van der Waals surface area contributed by atoms with Gasteiger partial charge < -0.3 is 15.3 Å². The summed E-state index contributed by atoms with van der Waals surface area (Å²) in [6, 6.07) is 6.27. The number of carbonyl (C=O) groups is 1. The van der Waals surface area contributed by atoms with Crippen molar-refractivity contribution < 1.29 is 9.90 Å². The minimum absolute atomic E-state index is 0.0364. The van der Waals surface area contributed by atoms with Gasteiger partial charge in [0.1, 0.15) is 0 Å². The second kappa shape index (κ2) is 6.48. The molecule has 1 aromatic carbocycles. The smallest absolute Gasteiger partial charge is 0.254 e. The lowest BCUT2D eigenvalue weighted by atomic mass is 10.00. The van der Waals surface area contributed by atoms with Crippen molar-refractivity contribution in [3.05, 3.63) is 29.3 Å². The van der Waals surface area contributed by atoms with Crippen molar-refractivity contribution in [3.63, 3.8) is 0 Å². The third-order valence-electron chi connectivity index (χ3n) is 4.66. The number of carbonyl (C=O) groups excluding carboxylic acids is 1. The molecule has 2 aliphatic rings. The monoisotopic (exact) mass is 288 g/mol. The number of benzene rings is 1. The number of aliphatic hydroxyl groups excluding tert-OH is 1. The highest BCUT2D eigenvalue weighted by Crippen LogP contribution is 2.27. The van der Waals surface area contributed by atoms with E-state index in [0.29, 0.717) is 12.6 Å². The van der Waals surface area contributed by atoms with Crippen molar-refractivity contribution >= 4 is 11.6 Å². The quantitative estimate of drug-likeness (QED) is 0.894. The zero-order valence-electron chi connectivity index (χ0n) is 12.5. The number of nitrogens with one attached hydrogen (secondary N) is 1. The van der Waals surface area contributed by atoms with Crippen molar-refractivity contribution in [2.24, 2.45) is 0 Å². The molecule has 1 amide bonds. The van der Waals surface area contributed by atoms with E-state index in [1.165, 1.54) is 18.4 Å². The van der Waals surface area contributed by atoms with E-state index in [9.17, 15) is 9.90 Å². The van der Waals surface area contributed by atoms with E-state index in [2.05, 4.69) is 5.32 Å². The van der Waals surface area contributed by atoms with E-state index < -0.39 is 0 Å². The molecule has 0 aromatic heterocycles. The molecule has 1 saturated carbocycles. The zero-order chi connectivity index (χ0) is 14.7. The molecular formula is C17H24N2O2. The minimum Gasteiger partial charge on any atom is -0.395 e. The Balaban J connectivity index is 1.81. The van der Waals surface area contributed by atoms with E-state index in [1.54, 1.807) is 0 Å². The SMILES string of the molecule is O=C(c1ccc2c(c1)CCCN2)N(CCO)C1CCCC1. The summed E-state index contributed by atoms with van der Waals surface area (Å²) in [7, 11) is 0. The van der Waals surface area contributed by atoms with Crippen LogP contribution in [0, 0.1) is 0 Å². The maximum absolute atomic E-state index is 12.8. The van der Waals surface area contributed by atoms with Gasteiger partial charge in [-0.1, -0.05) is 12.8 Å². The predicted molar refractivity (Wildman–Crippen MR) is 83.6 cm³/mol. The molecule has 2 N–H and O–H groups in total. The van der Waals surface area contributed by atoms with Crippen LogP contribution in [0.3, 0.4) is 0 Å². The van der Waals surface area contributed by atoms with Gasteiger partial charge >= 0.3 is 0 Å². The molecule has 1 aliphatic carbocycles. The molecule has 4 heteroatoms. The van der Waals surface area contributed by atoms with E-state index >= 15 is 0 Å². The highest BCUT2D eigenvalue weighted by Gasteiger charge is 2.27. The van der Waals surface area contributed by atoms with Crippen LogP contribution in [0.2, 0.25) is 0 Å². The average molecular weight is 288 g/mol. The van der Waals surface area contributed by atoms with Gasteiger partial charge in [0.15, 0.2) is 0 Å². The van der Waals surface area contributed by atoms with Crippen LogP contribution in [0.25, 0.3) is 0 Å². The van der Waals surface area contributed by atoms with Crippen LogP contribution in [-0.2, 0) is 6.42 Å². The summed E-state index contributed by atoms with van der Waals surface area (Å²) < 4.78 is 0. The molecule has 1 heterocycles. The number of fused-ring (bicyclic) bond motifs is 1. The average Bonchev–Trinajstić information content (AvgIpc) is 3.05. The molecule has 3 rings (SSSR count). The van der Waals surface area contributed by atoms with Crippen molar-refractivity contribution in [1.29, 1.82) is 0 Å². The minimum atomic E-state index is 0.0364. The first kappa shape index (κ1) is 14.4. The van der Waals surface area contributed by atoms with Gasteiger partial charge in [-0.25, -0.2) is 0 Å². The number of hydrogen-bond acceptors (Lipinski definition) is 3. The maximum atomic E-state index is 12.8. The van der Waals surface area contributed by atoms with Crippen molar-refractivity contribution in [3.8, 4) is 0 Å². The summed E-state index contributed by atoms with van der Waals surface area (Å²) in [5.74, 6) is 0.0734. The molecule has 1 fully saturated rings. The Morgan fingerprint density at radius 3 is 2.86 bits per heavy atom. The number of amides is 1. The van der Waals surface area contributed by atoms with Gasteiger partial charge in [0, 0.05) is 30.4 Å². The molecule has 114 valence electrons. The summed E-state index contributed by atoms with van der Waals surface area (Å²) in [5, 5.41) is 12.7. The Morgan fingerprint density at radius 1 is 1.29 bits per heavy atom. The van der Waals surface area contributed by atoms with Crippen molar-refractivity contribution in [2.75, 3.05) is 25.0 Å². The highest BCUT2D eigenvalue weighted by atomic mass is 16.3. The van der Waals surface area contributed by atoms with Crippen LogP contribution >= 0.6 is 0 Å².